The van der Waals surface area contributed by atoms with Gasteiger partial charge in [-0.25, -0.2) is 0 Å². The predicted molar refractivity (Wildman–Crippen MR) is 119 cm³/mol. The van der Waals surface area contributed by atoms with Crippen molar-refractivity contribution in [1.82, 2.24) is 4.90 Å². The van der Waals surface area contributed by atoms with E-state index in [4.69, 9.17) is 17.3 Å². The molecule has 1 aliphatic rings. The van der Waals surface area contributed by atoms with Crippen LogP contribution in [-0.2, 0) is 11.3 Å². The first-order chi connectivity index (χ1) is 13.4. The maximum atomic E-state index is 12.4. The van der Waals surface area contributed by atoms with Crippen molar-refractivity contribution in [2.45, 2.75) is 26.3 Å². The SMILES string of the molecule is C=CC(=O)N1Cc2sc(Cl)cc2[C@@H](c2ccccc2C(C(C)=NC)=C(C)N)C1. The number of thiophene rings is 1. The highest BCUT2D eigenvalue weighted by atomic mass is 35.5. The molecule has 2 N–H and O–H groups in total. The molecule has 0 saturated carbocycles. The molecule has 0 bridgehead atoms. The number of aliphatic imine (C=N–C) groups is 1. The lowest BCUT2D eigenvalue weighted by Gasteiger charge is -2.33. The number of allylic oxidation sites excluding steroid dienone is 2. The Morgan fingerprint density at radius 3 is 2.71 bits per heavy atom. The van der Waals surface area contributed by atoms with Gasteiger partial charge in [-0.2, -0.15) is 0 Å². The van der Waals surface area contributed by atoms with E-state index in [2.05, 4.69) is 23.7 Å². The van der Waals surface area contributed by atoms with E-state index in [1.54, 1.807) is 7.05 Å². The fourth-order valence-electron chi connectivity index (χ4n) is 3.78. The van der Waals surface area contributed by atoms with E-state index in [-0.39, 0.29) is 11.8 Å². The number of carbonyl (C=O) groups is 1. The maximum Gasteiger partial charge on any atom is 0.246 e. The van der Waals surface area contributed by atoms with Crippen molar-refractivity contribution in [2.24, 2.45) is 10.7 Å². The van der Waals surface area contributed by atoms with Gasteiger partial charge in [-0.3, -0.25) is 9.79 Å². The van der Waals surface area contributed by atoms with E-state index in [0.717, 1.165) is 31.6 Å². The van der Waals surface area contributed by atoms with Gasteiger partial charge in [0.2, 0.25) is 5.91 Å². The monoisotopic (exact) mass is 413 g/mol. The van der Waals surface area contributed by atoms with E-state index >= 15 is 0 Å². The first-order valence-corrected chi connectivity index (χ1v) is 10.3. The van der Waals surface area contributed by atoms with Gasteiger partial charge in [-0.05, 0) is 42.7 Å². The summed E-state index contributed by atoms with van der Waals surface area (Å²) in [6.07, 6.45) is 1.37. The quantitative estimate of drug-likeness (QED) is 0.575. The summed E-state index contributed by atoms with van der Waals surface area (Å²) in [4.78, 5) is 19.7. The zero-order valence-corrected chi connectivity index (χ0v) is 17.9. The second-order valence-corrected chi connectivity index (χ2v) is 8.63. The van der Waals surface area contributed by atoms with Gasteiger partial charge in [0, 0.05) is 41.4 Å². The normalized spacial score (nSPS) is 17.8. The van der Waals surface area contributed by atoms with Gasteiger partial charge in [-0.15, -0.1) is 11.3 Å². The van der Waals surface area contributed by atoms with E-state index in [0.29, 0.717) is 18.8 Å². The molecular weight excluding hydrogens is 390 g/mol. The summed E-state index contributed by atoms with van der Waals surface area (Å²) >= 11 is 7.87. The maximum absolute atomic E-state index is 12.4. The standard InChI is InChI=1S/C22H24ClN3OS/c1-5-21(27)26-11-18(17-10-20(23)28-19(17)12-26)15-8-6-7-9-16(15)22(13(2)24)14(3)25-4/h5-10,18H,1,11-12,24H2,2-4H3/t18-/m1/s1. The van der Waals surface area contributed by atoms with Crippen molar-refractivity contribution < 1.29 is 4.79 Å². The van der Waals surface area contributed by atoms with Crippen LogP contribution in [0.4, 0.5) is 0 Å². The summed E-state index contributed by atoms with van der Waals surface area (Å²) < 4.78 is 0.734. The lowest BCUT2D eigenvalue weighted by Crippen LogP contribution is -2.37. The number of hydrogen-bond donors (Lipinski definition) is 1. The van der Waals surface area contributed by atoms with Gasteiger partial charge in [0.1, 0.15) is 0 Å². The van der Waals surface area contributed by atoms with Crippen molar-refractivity contribution in [3.63, 3.8) is 0 Å². The predicted octanol–water partition coefficient (Wildman–Crippen LogP) is 4.84. The molecule has 1 aliphatic heterocycles. The fraction of sp³-hybridized carbons (Fsp3) is 0.273. The van der Waals surface area contributed by atoms with Crippen LogP contribution in [0, 0.1) is 0 Å². The van der Waals surface area contributed by atoms with Crippen molar-refractivity contribution in [3.8, 4) is 0 Å². The van der Waals surface area contributed by atoms with Crippen LogP contribution in [0.1, 0.15) is 41.3 Å². The molecule has 1 aromatic carbocycles. The van der Waals surface area contributed by atoms with E-state index in [1.165, 1.54) is 23.0 Å². The third-order valence-corrected chi connectivity index (χ3v) is 6.37. The molecule has 3 rings (SSSR count). The molecule has 0 aliphatic carbocycles. The average Bonchev–Trinajstić information content (AvgIpc) is 3.06. The van der Waals surface area contributed by atoms with Crippen molar-refractivity contribution >= 4 is 40.1 Å². The summed E-state index contributed by atoms with van der Waals surface area (Å²) in [5, 5.41) is 0. The lowest BCUT2D eigenvalue weighted by molar-refractivity contribution is -0.127. The van der Waals surface area contributed by atoms with Gasteiger partial charge in [-0.1, -0.05) is 42.4 Å². The molecule has 0 spiro atoms. The number of halogens is 1. The molecule has 6 heteroatoms. The summed E-state index contributed by atoms with van der Waals surface area (Å²) in [6.45, 7) is 8.63. The number of benzene rings is 1. The van der Waals surface area contributed by atoms with Crippen LogP contribution >= 0.6 is 22.9 Å². The highest BCUT2D eigenvalue weighted by Crippen LogP contribution is 2.42. The zero-order valence-electron chi connectivity index (χ0n) is 16.3. The molecule has 1 aromatic heterocycles. The Balaban J connectivity index is 2.19. The highest BCUT2D eigenvalue weighted by molar-refractivity contribution is 7.16. The third-order valence-electron chi connectivity index (χ3n) is 5.11. The van der Waals surface area contributed by atoms with Gasteiger partial charge in [0.25, 0.3) is 0 Å². The number of amides is 1. The van der Waals surface area contributed by atoms with Crippen LogP contribution < -0.4 is 5.73 Å². The van der Waals surface area contributed by atoms with Gasteiger partial charge >= 0.3 is 0 Å². The van der Waals surface area contributed by atoms with E-state index in [1.807, 2.05) is 36.9 Å². The summed E-state index contributed by atoms with van der Waals surface area (Å²) in [5.41, 5.74) is 12.1. The molecular formula is C22H24ClN3OS. The number of hydrogen-bond acceptors (Lipinski definition) is 4. The van der Waals surface area contributed by atoms with Crippen molar-refractivity contribution in [2.75, 3.05) is 13.6 Å². The topological polar surface area (TPSA) is 58.7 Å². The van der Waals surface area contributed by atoms with Crippen LogP contribution in [0.2, 0.25) is 4.34 Å². The highest BCUT2D eigenvalue weighted by Gasteiger charge is 2.32. The first-order valence-electron chi connectivity index (χ1n) is 9.06. The smallest absolute Gasteiger partial charge is 0.246 e. The molecule has 2 heterocycles. The number of nitrogens with two attached hydrogens (primary N) is 1. The molecule has 0 unspecified atom stereocenters. The van der Waals surface area contributed by atoms with Crippen molar-refractivity contribution in [1.29, 1.82) is 0 Å². The van der Waals surface area contributed by atoms with Crippen molar-refractivity contribution in [3.05, 3.63) is 74.6 Å². The zero-order chi connectivity index (χ0) is 20.4. The molecule has 2 aromatic rings. The fourth-order valence-corrected chi connectivity index (χ4v) is 5.14. The Labute approximate surface area is 175 Å². The van der Waals surface area contributed by atoms with Gasteiger partial charge in [0.15, 0.2) is 0 Å². The Hall–Kier alpha value is -2.37. The Morgan fingerprint density at radius 2 is 2.07 bits per heavy atom. The van der Waals surface area contributed by atoms with Crippen LogP contribution in [0.3, 0.4) is 0 Å². The number of fused-ring (bicyclic) bond motifs is 1. The molecule has 1 atom stereocenters. The van der Waals surface area contributed by atoms with Crippen LogP contribution in [-0.4, -0.2) is 30.1 Å². The first kappa shape index (κ1) is 20.4. The number of nitrogens with zero attached hydrogens (tertiary/aromatic N) is 2. The van der Waals surface area contributed by atoms with Crippen LogP contribution in [0.15, 0.2) is 53.7 Å². The average molecular weight is 414 g/mol. The Bertz CT molecular complexity index is 985. The third kappa shape index (κ3) is 3.77. The van der Waals surface area contributed by atoms with Gasteiger partial charge in [0.05, 0.1) is 10.9 Å². The van der Waals surface area contributed by atoms with Gasteiger partial charge < -0.3 is 10.6 Å². The molecule has 28 heavy (non-hydrogen) atoms. The number of carbonyl (C=O) groups excluding carboxylic acids is 1. The minimum Gasteiger partial charge on any atom is -0.402 e. The second-order valence-electron chi connectivity index (χ2n) is 6.86. The second kappa shape index (κ2) is 8.33. The van der Waals surface area contributed by atoms with Crippen LogP contribution in [0.5, 0.6) is 0 Å². The summed E-state index contributed by atoms with van der Waals surface area (Å²) in [6, 6.07) is 10.2. The lowest BCUT2D eigenvalue weighted by atomic mass is 9.82. The van der Waals surface area contributed by atoms with E-state index < -0.39 is 0 Å². The molecule has 0 saturated heterocycles. The molecule has 146 valence electrons. The largest absolute Gasteiger partial charge is 0.402 e. The Morgan fingerprint density at radius 1 is 1.36 bits per heavy atom. The summed E-state index contributed by atoms with van der Waals surface area (Å²) in [5.74, 6) is -0.0682. The molecule has 0 radical (unpaired) electrons. The number of rotatable bonds is 4. The Kier molecular flexibility index (Phi) is 6.06. The molecule has 0 fully saturated rings. The summed E-state index contributed by atoms with van der Waals surface area (Å²) in [7, 11) is 1.77. The molecule has 1 amide bonds. The van der Waals surface area contributed by atoms with E-state index in [9.17, 15) is 4.79 Å². The minimum absolute atomic E-state index is 0.00612. The molecule has 4 nitrogen and oxygen atoms in total. The minimum atomic E-state index is -0.0743. The van der Waals surface area contributed by atoms with Crippen LogP contribution in [0.25, 0.3) is 5.57 Å².